The molecule has 1 saturated heterocycles. The van der Waals surface area contributed by atoms with E-state index in [0.29, 0.717) is 5.92 Å². The van der Waals surface area contributed by atoms with Gasteiger partial charge in [-0.1, -0.05) is 44.4 Å². The molecule has 28 heavy (non-hydrogen) atoms. The Morgan fingerprint density at radius 1 is 1.29 bits per heavy atom. The van der Waals surface area contributed by atoms with Crippen molar-refractivity contribution in [3.05, 3.63) is 34.6 Å². The number of imide groups is 1. The van der Waals surface area contributed by atoms with Crippen molar-refractivity contribution in [1.29, 1.82) is 0 Å². The molecule has 1 fully saturated rings. The minimum absolute atomic E-state index is 0.0289. The van der Waals surface area contributed by atoms with E-state index < -0.39 is 29.2 Å². The SMILES string of the molecule is CC(C)CCCC(C)NC(=O)CN1C(=O)NC(C)(c2ccc(F)cc2Cl)C1=O. The van der Waals surface area contributed by atoms with Crippen LogP contribution in [0, 0.1) is 11.7 Å². The summed E-state index contributed by atoms with van der Waals surface area (Å²) in [5.41, 5.74) is -1.18. The standard InChI is InChI=1S/C20H27ClFN3O3/c1-12(2)6-5-7-13(3)23-17(26)11-25-18(27)20(4,24-19(25)28)15-9-8-14(22)10-16(15)21/h8-10,12-13H,5-7,11H2,1-4H3,(H,23,26)(H,24,28). The zero-order chi connectivity index (χ0) is 21.1. The zero-order valence-electron chi connectivity index (χ0n) is 16.6. The van der Waals surface area contributed by atoms with Gasteiger partial charge in [0.05, 0.1) is 0 Å². The van der Waals surface area contributed by atoms with Crippen molar-refractivity contribution in [2.45, 2.75) is 58.5 Å². The lowest BCUT2D eigenvalue weighted by Gasteiger charge is -2.23. The second-order valence-electron chi connectivity index (χ2n) is 7.86. The van der Waals surface area contributed by atoms with Crippen molar-refractivity contribution >= 4 is 29.4 Å². The van der Waals surface area contributed by atoms with E-state index in [-0.39, 0.29) is 23.2 Å². The molecule has 6 nitrogen and oxygen atoms in total. The Hall–Kier alpha value is -2.15. The van der Waals surface area contributed by atoms with Crippen molar-refractivity contribution in [1.82, 2.24) is 15.5 Å². The van der Waals surface area contributed by atoms with Gasteiger partial charge >= 0.3 is 6.03 Å². The van der Waals surface area contributed by atoms with Crippen LogP contribution in [0.2, 0.25) is 5.02 Å². The lowest BCUT2D eigenvalue weighted by molar-refractivity contribution is -0.135. The van der Waals surface area contributed by atoms with Crippen LogP contribution in [-0.4, -0.2) is 35.3 Å². The average molecular weight is 412 g/mol. The van der Waals surface area contributed by atoms with Crippen LogP contribution in [0.3, 0.4) is 0 Å². The summed E-state index contributed by atoms with van der Waals surface area (Å²) in [6, 6.07) is 2.87. The number of hydrogen-bond acceptors (Lipinski definition) is 3. The summed E-state index contributed by atoms with van der Waals surface area (Å²) in [4.78, 5) is 38.3. The first-order valence-corrected chi connectivity index (χ1v) is 9.81. The van der Waals surface area contributed by atoms with Gasteiger partial charge in [-0.15, -0.1) is 0 Å². The van der Waals surface area contributed by atoms with Crippen molar-refractivity contribution in [2.24, 2.45) is 5.92 Å². The fourth-order valence-electron chi connectivity index (χ4n) is 3.29. The summed E-state index contributed by atoms with van der Waals surface area (Å²) in [5, 5.41) is 5.41. The van der Waals surface area contributed by atoms with Gasteiger partial charge in [-0.05, 0) is 38.3 Å². The summed E-state index contributed by atoms with van der Waals surface area (Å²) in [6.45, 7) is 7.29. The highest BCUT2D eigenvalue weighted by atomic mass is 35.5. The molecule has 0 spiro atoms. The number of nitrogens with zero attached hydrogens (tertiary/aromatic N) is 1. The van der Waals surface area contributed by atoms with Gasteiger partial charge in [0, 0.05) is 16.6 Å². The number of hydrogen-bond donors (Lipinski definition) is 2. The number of nitrogens with one attached hydrogen (secondary N) is 2. The second-order valence-corrected chi connectivity index (χ2v) is 8.27. The number of halogens is 2. The summed E-state index contributed by atoms with van der Waals surface area (Å²) in [6.07, 6.45) is 2.89. The van der Waals surface area contributed by atoms with Crippen LogP contribution in [-0.2, 0) is 15.1 Å². The Kier molecular flexibility index (Phi) is 7.04. The van der Waals surface area contributed by atoms with E-state index in [2.05, 4.69) is 24.5 Å². The Balaban J connectivity index is 2.02. The van der Waals surface area contributed by atoms with E-state index in [1.807, 2.05) is 6.92 Å². The van der Waals surface area contributed by atoms with E-state index >= 15 is 0 Å². The smallest absolute Gasteiger partial charge is 0.325 e. The second kappa shape index (κ2) is 8.90. The van der Waals surface area contributed by atoms with Crippen LogP contribution in [0.4, 0.5) is 9.18 Å². The first-order chi connectivity index (χ1) is 13.0. The van der Waals surface area contributed by atoms with Crippen LogP contribution in [0.5, 0.6) is 0 Å². The predicted molar refractivity (Wildman–Crippen MR) is 105 cm³/mol. The molecule has 0 bridgehead atoms. The third kappa shape index (κ3) is 5.01. The molecule has 1 aliphatic rings. The quantitative estimate of drug-likeness (QED) is 0.642. The van der Waals surface area contributed by atoms with Crippen molar-refractivity contribution < 1.29 is 18.8 Å². The lowest BCUT2D eigenvalue weighted by atomic mass is 9.92. The average Bonchev–Trinajstić information content (AvgIpc) is 2.78. The minimum atomic E-state index is -1.45. The largest absolute Gasteiger partial charge is 0.352 e. The summed E-state index contributed by atoms with van der Waals surface area (Å²) < 4.78 is 13.3. The van der Waals surface area contributed by atoms with Gasteiger partial charge in [0.1, 0.15) is 17.9 Å². The lowest BCUT2D eigenvalue weighted by Crippen LogP contribution is -2.45. The third-order valence-electron chi connectivity index (χ3n) is 4.87. The van der Waals surface area contributed by atoms with Crippen LogP contribution >= 0.6 is 11.6 Å². The fourth-order valence-corrected chi connectivity index (χ4v) is 3.64. The number of carbonyl (C=O) groups is 3. The molecule has 2 N–H and O–H groups in total. The Bertz CT molecular complexity index is 771. The maximum Gasteiger partial charge on any atom is 0.325 e. The molecule has 4 amide bonds. The number of carbonyl (C=O) groups excluding carboxylic acids is 3. The number of benzene rings is 1. The topological polar surface area (TPSA) is 78.5 Å². The van der Waals surface area contributed by atoms with E-state index in [9.17, 15) is 18.8 Å². The Morgan fingerprint density at radius 3 is 2.57 bits per heavy atom. The van der Waals surface area contributed by atoms with Gasteiger partial charge in [0.15, 0.2) is 0 Å². The van der Waals surface area contributed by atoms with Gasteiger partial charge in [0.25, 0.3) is 5.91 Å². The predicted octanol–water partition coefficient (Wildman–Crippen LogP) is 3.58. The van der Waals surface area contributed by atoms with E-state index in [1.54, 1.807) is 0 Å². The molecule has 2 unspecified atom stereocenters. The Labute approximate surface area is 169 Å². The zero-order valence-corrected chi connectivity index (χ0v) is 17.4. The van der Waals surface area contributed by atoms with Crippen LogP contribution in [0.1, 0.15) is 52.5 Å². The molecule has 1 aromatic carbocycles. The molecule has 1 aliphatic heterocycles. The van der Waals surface area contributed by atoms with Crippen LogP contribution in [0.25, 0.3) is 0 Å². The van der Waals surface area contributed by atoms with Gasteiger partial charge in [0.2, 0.25) is 5.91 Å². The first-order valence-electron chi connectivity index (χ1n) is 9.43. The van der Waals surface area contributed by atoms with E-state index in [0.717, 1.165) is 30.2 Å². The molecule has 0 aromatic heterocycles. The molecule has 0 aliphatic carbocycles. The molecule has 0 saturated carbocycles. The molecule has 0 radical (unpaired) electrons. The Morgan fingerprint density at radius 2 is 1.96 bits per heavy atom. The van der Waals surface area contributed by atoms with Gasteiger partial charge in [-0.2, -0.15) is 0 Å². The molecule has 1 aromatic rings. The molecular weight excluding hydrogens is 385 g/mol. The maximum atomic E-state index is 13.3. The molecule has 154 valence electrons. The highest BCUT2D eigenvalue weighted by Crippen LogP contribution is 2.33. The first kappa shape index (κ1) is 22.1. The molecule has 8 heteroatoms. The van der Waals surface area contributed by atoms with Crippen LogP contribution < -0.4 is 10.6 Å². The van der Waals surface area contributed by atoms with Crippen molar-refractivity contribution in [3.8, 4) is 0 Å². The summed E-state index contributed by atoms with van der Waals surface area (Å²) >= 11 is 6.06. The molecular formula is C20H27ClFN3O3. The van der Waals surface area contributed by atoms with E-state index in [1.165, 1.54) is 19.1 Å². The third-order valence-corrected chi connectivity index (χ3v) is 5.19. The number of rotatable bonds is 8. The number of urea groups is 1. The number of amides is 4. The fraction of sp³-hybridized carbons (Fsp3) is 0.550. The highest BCUT2D eigenvalue weighted by Gasteiger charge is 2.50. The van der Waals surface area contributed by atoms with Crippen LogP contribution in [0.15, 0.2) is 18.2 Å². The highest BCUT2D eigenvalue weighted by molar-refractivity contribution is 6.32. The minimum Gasteiger partial charge on any atom is -0.352 e. The molecule has 2 atom stereocenters. The van der Waals surface area contributed by atoms with Gasteiger partial charge in [-0.25, -0.2) is 9.18 Å². The van der Waals surface area contributed by atoms with Gasteiger partial charge in [-0.3, -0.25) is 14.5 Å². The van der Waals surface area contributed by atoms with Crippen molar-refractivity contribution in [3.63, 3.8) is 0 Å². The summed E-state index contributed by atoms with van der Waals surface area (Å²) in [5.74, 6) is -0.954. The van der Waals surface area contributed by atoms with Crippen molar-refractivity contribution in [2.75, 3.05) is 6.54 Å². The molecule has 1 heterocycles. The van der Waals surface area contributed by atoms with E-state index in [4.69, 9.17) is 11.6 Å². The normalized spacial score (nSPS) is 20.5. The monoisotopic (exact) mass is 411 g/mol. The van der Waals surface area contributed by atoms with Gasteiger partial charge < -0.3 is 10.6 Å². The molecule has 2 rings (SSSR count). The summed E-state index contributed by atoms with van der Waals surface area (Å²) in [7, 11) is 0. The maximum absolute atomic E-state index is 13.3.